The molecule has 6 heteroatoms. The first kappa shape index (κ1) is 19.0. The van der Waals surface area contributed by atoms with Crippen molar-refractivity contribution in [3.8, 4) is 0 Å². The number of carbonyl (C=O) groups is 3. The van der Waals surface area contributed by atoms with E-state index in [0.29, 0.717) is 18.5 Å². The number of aryl methyl sites for hydroxylation is 2. The number of hydrogen-bond donors (Lipinski definition) is 2. The Kier molecular flexibility index (Phi) is 7.44. The third-order valence-electron chi connectivity index (χ3n) is 4.39. The fraction of sp³-hybridized carbons (Fsp3) is 0.526. The Morgan fingerprint density at radius 2 is 1.80 bits per heavy atom. The van der Waals surface area contributed by atoms with Crippen LogP contribution in [0.1, 0.15) is 60.0 Å². The van der Waals surface area contributed by atoms with Gasteiger partial charge in [-0.2, -0.15) is 0 Å². The van der Waals surface area contributed by atoms with Crippen molar-refractivity contribution < 1.29 is 19.1 Å². The van der Waals surface area contributed by atoms with Gasteiger partial charge in [-0.15, -0.1) is 0 Å². The predicted molar refractivity (Wildman–Crippen MR) is 94.4 cm³/mol. The minimum absolute atomic E-state index is 0.160. The topological polar surface area (TPSA) is 98.5 Å². The Morgan fingerprint density at radius 1 is 1.04 bits per heavy atom. The molecule has 2 amide bonds. The standard InChI is InChI=1S/C19H26N2O4/c20-19(24)21-11-5-1-2-8-18(23)25-13-17(22)16-10-9-14-6-3-4-7-15(14)12-16/h9-10,12H,1-8,11,13H2,(H3,20,21,24). The first-order chi connectivity index (χ1) is 12.1. The van der Waals surface area contributed by atoms with Crippen molar-refractivity contribution in [2.24, 2.45) is 5.73 Å². The SMILES string of the molecule is NC(=O)NCCCCCC(=O)OCC(=O)c1ccc2c(c1)CCCC2. The average Bonchev–Trinajstić information content (AvgIpc) is 2.61. The van der Waals surface area contributed by atoms with Crippen LogP contribution in [0.4, 0.5) is 4.79 Å². The molecule has 0 saturated carbocycles. The molecule has 1 aromatic carbocycles. The molecular formula is C19H26N2O4. The number of ether oxygens (including phenoxy) is 1. The predicted octanol–water partition coefficient (Wildman–Crippen LogP) is 2.52. The number of ketones is 1. The molecule has 2 rings (SSSR count). The molecule has 0 aromatic heterocycles. The first-order valence-corrected chi connectivity index (χ1v) is 8.90. The van der Waals surface area contributed by atoms with Crippen LogP contribution in [0.2, 0.25) is 0 Å². The summed E-state index contributed by atoms with van der Waals surface area (Å²) in [7, 11) is 0. The molecule has 3 N–H and O–H groups in total. The van der Waals surface area contributed by atoms with Crippen LogP contribution in [0, 0.1) is 0 Å². The van der Waals surface area contributed by atoms with Crippen molar-refractivity contribution in [1.29, 1.82) is 0 Å². The van der Waals surface area contributed by atoms with E-state index in [0.717, 1.165) is 32.1 Å². The molecule has 0 spiro atoms. The van der Waals surface area contributed by atoms with Gasteiger partial charge in [0.15, 0.2) is 12.4 Å². The lowest BCUT2D eigenvalue weighted by molar-refractivity contribution is -0.142. The van der Waals surface area contributed by atoms with Gasteiger partial charge < -0.3 is 15.8 Å². The van der Waals surface area contributed by atoms with Crippen LogP contribution < -0.4 is 11.1 Å². The van der Waals surface area contributed by atoms with E-state index in [1.807, 2.05) is 18.2 Å². The lowest BCUT2D eigenvalue weighted by atomic mass is 9.90. The third kappa shape index (κ3) is 6.57. The number of carbonyl (C=O) groups excluding carboxylic acids is 3. The molecular weight excluding hydrogens is 320 g/mol. The number of unbranched alkanes of at least 4 members (excludes halogenated alkanes) is 2. The second kappa shape index (κ2) is 9.81. The summed E-state index contributed by atoms with van der Waals surface area (Å²) in [6.45, 7) is 0.294. The number of hydrogen-bond acceptors (Lipinski definition) is 4. The van der Waals surface area contributed by atoms with E-state index in [-0.39, 0.29) is 24.8 Å². The summed E-state index contributed by atoms with van der Waals surface area (Å²) in [6.07, 6.45) is 6.93. The first-order valence-electron chi connectivity index (χ1n) is 8.90. The fourth-order valence-electron chi connectivity index (χ4n) is 2.99. The van der Waals surface area contributed by atoms with E-state index >= 15 is 0 Å². The van der Waals surface area contributed by atoms with Crippen LogP contribution in [-0.4, -0.2) is 30.9 Å². The van der Waals surface area contributed by atoms with Gasteiger partial charge in [-0.3, -0.25) is 9.59 Å². The van der Waals surface area contributed by atoms with Crippen molar-refractivity contribution in [2.45, 2.75) is 51.4 Å². The highest BCUT2D eigenvalue weighted by Gasteiger charge is 2.14. The van der Waals surface area contributed by atoms with Gasteiger partial charge in [0.25, 0.3) is 0 Å². The van der Waals surface area contributed by atoms with Gasteiger partial charge in [-0.1, -0.05) is 18.6 Å². The highest BCUT2D eigenvalue weighted by molar-refractivity contribution is 5.98. The van der Waals surface area contributed by atoms with Crippen LogP contribution in [0.3, 0.4) is 0 Å². The maximum Gasteiger partial charge on any atom is 0.312 e. The quantitative estimate of drug-likeness (QED) is 0.408. The summed E-state index contributed by atoms with van der Waals surface area (Å²) in [5.41, 5.74) is 8.14. The van der Waals surface area contributed by atoms with E-state index < -0.39 is 6.03 Å². The van der Waals surface area contributed by atoms with Gasteiger partial charge in [-0.05, 0) is 55.7 Å². The molecule has 1 aromatic rings. The summed E-state index contributed by atoms with van der Waals surface area (Å²) in [5.74, 6) is -0.526. The molecule has 0 fully saturated rings. The molecule has 0 atom stereocenters. The lowest BCUT2D eigenvalue weighted by Crippen LogP contribution is -2.29. The van der Waals surface area contributed by atoms with Gasteiger partial charge in [0.05, 0.1) is 0 Å². The highest BCUT2D eigenvalue weighted by Crippen LogP contribution is 2.22. The maximum absolute atomic E-state index is 12.2. The maximum atomic E-state index is 12.2. The molecule has 0 bridgehead atoms. The van der Waals surface area contributed by atoms with Crippen molar-refractivity contribution in [3.05, 3.63) is 34.9 Å². The molecule has 1 aliphatic carbocycles. The zero-order chi connectivity index (χ0) is 18.1. The number of fused-ring (bicyclic) bond motifs is 1. The van der Waals surface area contributed by atoms with Crippen molar-refractivity contribution in [2.75, 3.05) is 13.2 Å². The number of benzene rings is 1. The number of amides is 2. The average molecular weight is 346 g/mol. The molecule has 0 radical (unpaired) electrons. The number of primary amides is 1. The van der Waals surface area contributed by atoms with Crippen LogP contribution in [0.5, 0.6) is 0 Å². The third-order valence-corrected chi connectivity index (χ3v) is 4.39. The van der Waals surface area contributed by atoms with Gasteiger partial charge in [0.1, 0.15) is 0 Å². The molecule has 0 heterocycles. The second-order valence-corrected chi connectivity index (χ2v) is 6.38. The molecule has 1 aliphatic rings. The second-order valence-electron chi connectivity index (χ2n) is 6.38. The fourth-order valence-corrected chi connectivity index (χ4v) is 2.99. The highest BCUT2D eigenvalue weighted by atomic mass is 16.5. The van der Waals surface area contributed by atoms with E-state index in [1.54, 1.807) is 0 Å². The van der Waals surface area contributed by atoms with E-state index in [4.69, 9.17) is 10.5 Å². The molecule has 6 nitrogen and oxygen atoms in total. The molecule has 0 unspecified atom stereocenters. The largest absolute Gasteiger partial charge is 0.457 e. The van der Waals surface area contributed by atoms with Crippen LogP contribution >= 0.6 is 0 Å². The number of Topliss-reactive ketones (excluding diaryl/α,β-unsaturated/α-hetero) is 1. The zero-order valence-electron chi connectivity index (χ0n) is 14.5. The summed E-state index contributed by atoms with van der Waals surface area (Å²) in [6, 6.07) is 5.24. The van der Waals surface area contributed by atoms with Crippen LogP contribution in [0.15, 0.2) is 18.2 Å². The Bertz CT molecular complexity index is 628. The van der Waals surface area contributed by atoms with E-state index in [1.165, 1.54) is 17.5 Å². The van der Waals surface area contributed by atoms with Gasteiger partial charge >= 0.3 is 12.0 Å². The van der Waals surface area contributed by atoms with Gasteiger partial charge in [-0.25, -0.2) is 4.79 Å². The van der Waals surface area contributed by atoms with E-state index in [2.05, 4.69) is 5.32 Å². The summed E-state index contributed by atoms with van der Waals surface area (Å²) < 4.78 is 5.07. The number of rotatable bonds is 9. The molecule has 0 aliphatic heterocycles. The molecule has 0 saturated heterocycles. The number of esters is 1. The number of nitrogens with two attached hydrogens (primary N) is 1. The van der Waals surface area contributed by atoms with Gasteiger partial charge in [0.2, 0.25) is 0 Å². The Labute approximate surface area is 148 Å². The van der Waals surface area contributed by atoms with Crippen LogP contribution in [-0.2, 0) is 22.4 Å². The van der Waals surface area contributed by atoms with Crippen molar-refractivity contribution >= 4 is 17.8 Å². The minimum Gasteiger partial charge on any atom is -0.457 e. The Balaban J connectivity index is 1.66. The number of urea groups is 1. The molecule has 25 heavy (non-hydrogen) atoms. The van der Waals surface area contributed by atoms with Crippen molar-refractivity contribution in [3.63, 3.8) is 0 Å². The van der Waals surface area contributed by atoms with E-state index in [9.17, 15) is 14.4 Å². The zero-order valence-corrected chi connectivity index (χ0v) is 14.5. The summed E-state index contributed by atoms with van der Waals surface area (Å²) in [4.78, 5) is 34.4. The molecule has 136 valence electrons. The minimum atomic E-state index is -0.542. The van der Waals surface area contributed by atoms with Gasteiger partial charge in [0, 0.05) is 18.5 Å². The monoisotopic (exact) mass is 346 g/mol. The van der Waals surface area contributed by atoms with Crippen molar-refractivity contribution in [1.82, 2.24) is 5.32 Å². The lowest BCUT2D eigenvalue weighted by Gasteiger charge is -2.16. The Morgan fingerprint density at radius 3 is 2.56 bits per heavy atom. The number of nitrogens with one attached hydrogen (secondary N) is 1. The normalized spacial score (nSPS) is 13.0. The smallest absolute Gasteiger partial charge is 0.312 e. The Hall–Kier alpha value is -2.37. The summed E-state index contributed by atoms with van der Waals surface area (Å²) in [5, 5.41) is 2.49. The van der Waals surface area contributed by atoms with Crippen LogP contribution in [0.25, 0.3) is 0 Å². The summed E-state index contributed by atoms with van der Waals surface area (Å²) >= 11 is 0.